The number of hydrogen-bond acceptors (Lipinski definition) is 2. The summed E-state index contributed by atoms with van der Waals surface area (Å²) in [5.41, 5.74) is 2.29. The standard InChI is InChI=1S/C14H19NO2/c1-9-5-4-6-12(14(16)17)13(9)15(3)8-11-7-10(11)2/h4-6,10-11H,7-8H2,1-3H3,(H,16,17). The first-order chi connectivity index (χ1) is 8.00. The molecule has 92 valence electrons. The van der Waals surface area contributed by atoms with Gasteiger partial charge in [0.05, 0.1) is 11.3 Å². The Labute approximate surface area is 102 Å². The Morgan fingerprint density at radius 3 is 2.71 bits per heavy atom. The average molecular weight is 233 g/mol. The SMILES string of the molecule is Cc1cccc(C(=O)O)c1N(C)CC1CC1C. The molecule has 0 spiro atoms. The lowest BCUT2D eigenvalue weighted by Gasteiger charge is -2.23. The molecule has 0 bridgehead atoms. The van der Waals surface area contributed by atoms with Crippen LogP contribution in [-0.4, -0.2) is 24.7 Å². The number of para-hydroxylation sites is 1. The van der Waals surface area contributed by atoms with Crippen LogP contribution in [-0.2, 0) is 0 Å². The zero-order valence-electron chi connectivity index (χ0n) is 10.6. The van der Waals surface area contributed by atoms with Gasteiger partial charge in [0.15, 0.2) is 0 Å². The molecule has 1 aromatic rings. The van der Waals surface area contributed by atoms with E-state index in [2.05, 4.69) is 11.8 Å². The summed E-state index contributed by atoms with van der Waals surface area (Å²) in [5, 5.41) is 9.21. The van der Waals surface area contributed by atoms with Crippen LogP contribution >= 0.6 is 0 Å². The van der Waals surface area contributed by atoms with Gasteiger partial charge in [-0.1, -0.05) is 19.1 Å². The Kier molecular flexibility index (Phi) is 3.09. The number of carboxylic acid groups (broad SMARTS) is 1. The second-order valence-electron chi connectivity index (χ2n) is 5.13. The quantitative estimate of drug-likeness (QED) is 0.869. The van der Waals surface area contributed by atoms with Gasteiger partial charge in [-0.3, -0.25) is 0 Å². The minimum atomic E-state index is -0.848. The number of carbonyl (C=O) groups is 1. The van der Waals surface area contributed by atoms with Gasteiger partial charge < -0.3 is 10.0 Å². The van der Waals surface area contributed by atoms with Crippen LogP contribution in [0.4, 0.5) is 5.69 Å². The predicted molar refractivity (Wildman–Crippen MR) is 68.7 cm³/mol. The van der Waals surface area contributed by atoms with Gasteiger partial charge in [0.1, 0.15) is 0 Å². The van der Waals surface area contributed by atoms with Crippen molar-refractivity contribution < 1.29 is 9.90 Å². The molecule has 1 aliphatic carbocycles. The van der Waals surface area contributed by atoms with Gasteiger partial charge in [0.2, 0.25) is 0 Å². The van der Waals surface area contributed by atoms with Gasteiger partial charge in [0.25, 0.3) is 0 Å². The van der Waals surface area contributed by atoms with Gasteiger partial charge in [-0.25, -0.2) is 4.79 Å². The number of benzene rings is 1. The molecule has 1 aliphatic rings. The smallest absolute Gasteiger partial charge is 0.337 e. The lowest BCUT2D eigenvalue weighted by atomic mass is 10.1. The van der Waals surface area contributed by atoms with Crippen molar-refractivity contribution in [2.75, 3.05) is 18.5 Å². The zero-order chi connectivity index (χ0) is 12.6. The van der Waals surface area contributed by atoms with Crippen LogP contribution in [0.25, 0.3) is 0 Å². The highest BCUT2D eigenvalue weighted by Crippen LogP contribution is 2.39. The molecule has 1 saturated carbocycles. The fourth-order valence-corrected chi connectivity index (χ4v) is 2.43. The number of rotatable bonds is 4. The van der Waals surface area contributed by atoms with Crippen molar-refractivity contribution in [3.8, 4) is 0 Å². The number of carboxylic acids is 1. The summed E-state index contributed by atoms with van der Waals surface area (Å²) in [5.74, 6) is 0.662. The van der Waals surface area contributed by atoms with Crippen molar-refractivity contribution in [3.05, 3.63) is 29.3 Å². The molecule has 2 unspecified atom stereocenters. The molecule has 17 heavy (non-hydrogen) atoms. The molecular weight excluding hydrogens is 214 g/mol. The summed E-state index contributed by atoms with van der Waals surface area (Å²) in [6.45, 7) is 5.16. The first-order valence-electron chi connectivity index (χ1n) is 6.04. The molecule has 1 fully saturated rings. The molecule has 2 atom stereocenters. The van der Waals surface area contributed by atoms with Crippen LogP contribution in [0.15, 0.2) is 18.2 Å². The van der Waals surface area contributed by atoms with E-state index in [0.29, 0.717) is 5.56 Å². The minimum Gasteiger partial charge on any atom is -0.478 e. The highest BCUT2D eigenvalue weighted by Gasteiger charge is 2.34. The first kappa shape index (κ1) is 12.0. The van der Waals surface area contributed by atoms with Crippen molar-refractivity contribution in [3.63, 3.8) is 0 Å². The van der Waals surface area contributed by atoms with E-state index in [0.717, 1.165) is 29.6 Å². The molecular formula is C14H19NO2. The van der Waals surface area contributed by atoms with E-state index < -0.39 is 5.97 Å². The first-order valence-corrected chi connectivity index (χ1v) is 6.04. The van der Waals surface area contributed by atoms with Crippen molar-refractivity contribution in [2.24, 2.45) is 11.8 Å². The Morgan fingerprint density at radius 1 is 1.53 bits per heavy atom. The Hall–Kier alpha value is -1.51. The third-order valence-electron chi connectivity index (χ3n) is 3.63. The third kappa shape index (κ3) is 2.43. The Bertz CT molecular complexity index is 442. The summed E-state index contributed by atoms with van der Waals surface area (Å²) >= 11 is 0. The average Bonchev–Trinajstić information content (AvgIpc) is 2.93. The second kappa shape index (κ2) is 4.40. The van der Waals surface area contributed by atoms with E-state index in [1.54, 1.807) is 12.1 Å². The molecule has 0 amide bonds. The van der Waals surface area contributed by atoms with Crippen LogP contribution in [0, 0.1) is 18.8 Å². The van der Waals surface area contributed by atoms with E-state index in [4.69, 9.17) is 0 Å². The highest BCUT2D eigenvalue weighted by atomic mass is 16.4. The molecule has 0 saturated heterocycles. The lowest BCUT2D eigenvalue weighted by molar-refractivity contribution is 0.0697. The normalized spacial score (nSPS) is 22.3. The van der Waals surface area contributed by atoms with E-state index in [1.807, 2.05) is 20.0 Å². The van der Waals surface area contributed by atoms with Gasteiger partial charge in [-0.15, -0.1) is 0 Å². The highest BCUT2D eigenvalue weighted by molar-refractivity contribution is 5.95. The molecule has 0 aromatic heterocycles. The van der Waals surface area contributed by atoms with Crippen molar-refractivity contribution in [1.29, 1.82) is 0 Å². The van der Waals surface area contributed by atoms with Gasteiger partial charge in [-0.2, -0.15) is 0 Å². The van der Waals surface area contributed by atoms with Crippen LogP contribution in [0.5, 0.6) is 0 Å². The third-order valence-corrected chi connectivity index (χ3v) is 3.63. The molecule has 2 rings (SSSR count). The Morgan fingerprint density at radius 2 is 2.18 bits per heavy atom. The van der Waals surface area contributed by atoms with E-state index in [1.165, 1.54) is 6.42 Å². The van der Waals surface area contributed by atoms with E-state index >= 15 is 0 Å². The molecule has 3 heteroatoms. The summed E-state index contributed by atoms with van der Waals surface area (Å²) in [6.07, 6.45) is 1.26. The van der Waals surface area contributed by atoms with Crippen LogP contribution in [0.3, 0.4) is 0 Å². The number of aromatic carboxylic acids is 1. The van der Waals surface area contributed by atoms with Crippen molar-refractivity contribution in [1.82, 2.24) is 0 Å². The fraction of sp³-hybridized carbons (Fsp3) is 0.500. The number of aryl methyl sites for hydroxylation is 1. The van der Waals surface area contributed by atoms with Crippen molar-refractivity contribution in [2.45, 2.75) is 20.3 Å². The van der Waals surface area contributed by atoms with Crippen LogP contribution in [0.1, 0.15) is 29.3 Å². The zero-order valence-corrected chi connectivity index (χ0v) is 10.6. The summed E-state index contributed by atoms with van der Waals surface area (Å²) in [6, 6.07) is 5.45. The van der Waals surface area contributed by atoms with Crippen LogP contribution in [0.2, 0.25) is 0 Å². The number of nitrogens with zero attached hydrogens (tertiary/aromatic N) is 1. The van der Waals surface area contributed by atoms with Gasteiger partial charge in [-0.05, 0) is 36.8 Å². The molecule has 3 nitrogen and oxygen atoms in total. The van der Waals surface area contributed by atoms with E-state index in [-0.39, 0.29) is 0 Å². The predicted octanol–water partition coefficient (Wildman–Crippen LogP) is 2.79. The van der Waals surface area contributed by atoms with Crippen LogP contribution < -0.4 is 4.90 Å². The van der Waals surface area contributed by atoms with Gasteiger partial charge in [0, 0.05) is 13.6 Å². The summed E-state index contributed by atoms with van der Waals surface area (Å²) in [7, 11) is 1.99. The fourth-order valence-electron chi connectivity index (χ4n) is 2.43. The summed E-state index contributed by atoms with van der Waals surface area (Å²) < 4.78 is 0. The Balaban J connectivity index is 2.26. The number of anilines is 1. The maximum atomic E-state index is 11.2. The van der Waals surface area contributed by atoms with E-state index in [9.17, 15) is 9.90 Å². The molecule has 0 heterocycles. The maximum Gasteiger partial charge on any atom is 0.337 e. The van der Waals surface area contributed by atoms with Crippen molar-refractivity contribution >= 4 is 11.7 Å². The minimum absolute atomic E-state index is 0.404. The topological polar surface area (TPSA) is 40.5 Å². The monoisotopic (exact) mass is 233 g/mol. The largest absolute Gasteiger partial charge is 0.478 e. The van der Waals surface area contributed by atoms with Gasteiger partial charge >= 0.3 is 5.97 Å². The second-order valence-corrected chi connectivity index (χ2v) is 5.13. The summed E-state index contributed by atoms with van der Waals surface area (Å²) in [4.78, 5) is 13.3. The number of hydrogen-bond donors (Lipinski definition) is 1. The molecule has 0 aliphatic heterocycles. The maximum absolute atomic E-state index is 11.2. The molecule has 1 aromatic carbocycles. The lowest BCUT2D eigenvalue weighted by Crippen LogP contribution is -2.23. The molecule has 0 radical (unpaired) electrons. The molecule has 1 N–H and O–H groups in total.